The van der Waals surface area contributed by atoms with Crippen molar-refractivity contribution in [2.45, 2.75) is 26.2 Å². The van der Waals surface area contributed by atoms with Crippen LogP contribution in [0.4, 0.5) is 0 Å². The second-order valence-electron chi connectivity index (χ2n) is 9.57. The molecule has 166 valence electrons. The molecule has 0 aliphatic carbocycles. The number of hydrogen-bond donors (Lipinski definition) is 0. The predicted octanol–water partition coefficient (Wildman–Crippen LogP) is 8.44. The molecule has 0 aliphatic heterocycles. The molecule has 2 heterocycles. The third-order valence-electron chi connectivity index (χ3n) is 6.19. The van der Waals surface area contributed by atoms with Gasteiger partial charge >= 0.3 is 0 Å². The normalized spacial score (nSPS) is 11.4. The highest BCUT2D eigenvalue weighted by Gasteiger charge is 2.18. The van der Waals surface area contributed by atoms with Crippen LogP contribution < -0.4 is 0 Å². The Kier molecular flexibility index (Phi) is 5.81. The van der Waals surface area contributed by atoms with Gasteiger partial charge in [0.2, 0.25) is 0 Å². The van der Waals surface area contributed by atoms with Crippen LogP contribution in [-0.2, 0) is 5.41 Å². The van der Waals surface area contributed by atoms with Crippen LogP contribution in [0.5, 0.6) is 0 Å². The van der Waals surface area contributed by atoms with Gasteiger partial charge in [0.1, 0.15) is 0 Å². The predicted molar refractivity (Wildman–Crippen MR) is 142 cm³/mol. The zero-order chi connectivity index (χ0) is 23.5. The molecule has 0 unspecified atom stereocenters. The lowest BCUT2D eigenvalue weighted by molar-refractivity contribution is 0.589. The first-order valence-corrected chi connectivity index (χ1v) is 11.7. The largest absolute Gasteiger partial charge is 0.256 e. The van der Waals surface area contributed by atoms with Crippen molar-refractivity contribution in [2.75, 3.05) is 0 Å². The van der Waals surface area contributed by atoms with Crippen LogP contribution in [0.2, 0.25) is 0 Å². The van der Waals surface area contributed by atoms with Gasteiger partial charge in [-0.3, -0.25) is 9.97 Å². The van der Waals surface area contributed by atoms with Gasteiger partial charge in [-0.2, -0.15) is 0 Å². The lowest BCUT2D eigenvalue weighted by atomic mass is 9.85. The second kappa shape index (κ2) is 9.07. The molecule has 0 fully saturated rings. The fraction of sp³-hybridized carbons (Fsp3) is 0.125. The summed E-state index contributed by atoms with van der Waals surface area (Å²) in [5.41, 5.74) is 10.2. The average Bonchev–Trinajstić information content (AvgIpc) is 2.89. The van der Waals surface area contributed by atoms with Crippen molar-refractivity contribution in [1.29, 1.82) is 0 Å². The molecule has 2 heteroatoms. The van der Waals surface area contributed by atoms with E-state index in [1.54, 1.807) is 0 Å². The quantitative estimate of drug-likeness (QED) is 0.280. The average molecular weight is 441 g/mol. The van der Waals surface area contributed by atoms with E-state index in [0.717, 1.165) is 33.6 Å². The van der Waals surface area contributed by atoms with Crippen molar-refractivity contribution in [3.63, 3.8) is 0 Å². The van der Waals surface area contributed by atoms with Gasteiger partial charge in [0.15, 0.2) is 0 Å². The Morgan fingerprint density at radius 3 is 1.88 bits per heavy atom. The van der Waals surface area contributed by atoms with Gasteiger partial charge in [0.25, 0.3) is 0 Å². The summed E-state index contributed by atoms with van der Waals surface area (Å²) in [4.78, 5) is 9.46. The number of benzene rings is 3. The number of aromatic nitrogens is 2. The van der Waals surface area contributed by atoms with Gasteiger partial charge in [0, 0.05) is 23.5 Å². The molecule has 5 rings (SSSR count). The zero-order valence-corrected chi connectivity index (χ0v) is 19.9. The van der Waals surface area contributed by atoms with E-state index in [0.29, 0.717) is 0 Å². The molecule has 0 N–H and O–H groups in total. The van der Waals surface area contributed by atoms with Crippen molar-refractivity contribution in [2.24, 2.45) is 0 Å². The van der Waals surface area contributed by atoms with Crippen molar-refractivity contribution in [1.82, 2.24) is 9.97 Å². The topological polar surface area (TPSA) is 25.8 Å². The molecule has 0 spiro atoms. The fourth-order valence-corrected chi connectivity index (χ4v) is 4.31. The maximum absolute atomic E-state index is 4.83. The molecule has 0 atom stereocenters. The van der Waals surface area contributed by atoms with Gasteiger partial charge in [-0.1, -0.05) is 93.6 Å². The first-order valence-electron chi connectivity index (χ1n) is 11.7. The smallest absolute Gasteiger partial charge is 0.0711 e. The molecule has 34 heavy (non-hydrogen) atoms. The Morgan fingerprint density at radius 2 is 1.15 bits per heavy atom. The summed E-state index contributed by atoms with van der Waals surface area (Å²) in [5, 5.41) is 0. The lowest BCUT2D eigenvalue weighted by Crippen LogP contribution is -2.11. The zero-order valence-electron chi connectivity index (χ0n) is 19.9. The summed E-state index contributed by atoms with van der Waals surface area (Å²) in [5.74, 6) is 0. The molecular weight excluding hydrogens is 412 g/mol. The summed E-state index contributed by atoms with van der Waals surface area (Å²) < 4.78 is 0. The van der Waals surface area contributed by atoms with Crippen molar-refractivity contribution in [3.8, 4) is 44.8 Å². The Balaban J connectivity index is 1.76. The molecule has 0 radical (unpaired) electrons. The van der Waals surface area contributed by atoms with Crippen molar-refractivity contribution < 1.29 is 0 Å². The molecular formula is C32H28N2. The summed E-state index contributed by atoms with van der Waals surface area (Å²) in [6, 6.07) is 36.1. The standard InChI is InChI=1S/C32H28N2/c1-32(2,3)25-18-20-34-31(22-25)29-21-24(23-11-5-4-6-12-23)16-17-27(29)26-13-7-8-14-28(26)30-15-9-10-19-33-30/h4-22H,1-3H3. The number of pyridine rings is 2. The monoisotopic (exact) mass is 440 g/mol. The molecule has 0 aliphatic rings. The van der Waals surface area contributed by atoms with Crippen LogP contribution in [0.25, 0.3) is 44.8 Å². The van der Waals surface area contributed by atoms with Crippen LogP contribution in [-0.4, -0.2) is 9.97 Å². The van der Waals surface area contributed by atoms with Crippen molar-refractivity contribution >= 4 is 0 Å². The Labute approximate surface area is 202 Å². The highest BCUT2D eigenvalue weighted by molar-refractivity contribution is 5.92. The highest BCUT2D eigenvalue weighted by atomic mass is 14.7. The van der Waals surface area contributed by atoms with E-state index in [9.17, 15) is 0 Å². The SMILES string of the molecule is CC(C)(C)c1ccnc(-c2cc(-c3ccccc3)ccc2-c2ccccc2-c2ccccn2)c1. The Bertz CT molecular complexity index is 1410. The Hall–Kier alpha value is -4.04. The third-order valence-corrected chi connectivity index (χ3v) is 6.19. The van der Waals surface area contributed by atoms with E-state index < -0.39 is 0 Å². The molecule has 0 amide bonds. The maximum atomic E-state index is 4.83. The minimum absolute atomic E-state index is 0.0424. The molecule has 0 saturated carbocycles. The minimum atomic E-state index is 0.0424. The highest BCUT2D eigenvalue weighted by Crippen LogP contribution is 2.40. The van der Waals surface area contributed by atoms with Crippen LogP contribution >= 0.6 is 0 Å². The van der Waals surface area contributed by atoms with Crippen LogP contribution in [0.1, 0.15) is 26.3 Å². The number of nitrogens with zero attached hydrogens (tertiary/aromatic N) is 2. The first kappa shape index (κ1) is 21.8. The molecule has 2 nitrogen and oxygen atoms in total. The molecule has 3 aromatic carbocycles. The number of rotatable bonds is 4. The van der Waals surface area contributed by atoms with Gasteiger partial charge in [-0.25, -0.2) is 0 Å². The van der Waals surface area contributed by atoms with Crippen LogP contribution in [0, 0.1) is 0 Å². The van der Waals surface area contributed by atoms with Gasteiger partial charge < -0.3 is 0 Å². The Morgan fingerprint density at radius 1 is 0.471 bits per heavy atom. The molecule has 2 aromatic heterocycles. The maximum Gasteiger partial charge on any atom is 0.0711 e. The molecule has 0 bridgehead atoms. The van der Waals surface area contributed by atoms with Gasteiger partial charge in [-0.05, 0) is 63.6 Å². The van der Waals surface area contributed by atoms with Gasteiger partial charge in [-0.15, -0.1) is 0 Å². The summed E-state index contributed by atoms with van der Waals surface area (Å²) in [7, 11) is 0. The van der Waals surface area contributed by atoms with Gasteiger partial charge in [0.05, 0.1) is 11.4 Å². The lowest BCUT2D eigenvalue weighted by Gasteiger charge is -2.21. The molecule has 5 aromatic rings. The second-order valence-corrected chi connectivity index (χ2v) is 9.57. The fourth-order valence-electron chi connectivity index (χ4n) is 4.31. The van der Waals surface area contributed by atoms with E-state index in [1.165, 1.54) is 16.7 Å². The molecule has 0 saturated heterocycles. The summed E-state index contributed by atoms with van der Waals surface area (Å²) >= 11 is 0. The van der Waals surface area contributed by atoms with Crippen LogP contribution in [0.3, 0.4) is 0 Å². The number of hydrogen-bond acceptors (Lipinski definition) is 2. The van der Waals surface area contributed by atoms with E-state index in [1.807, 2.05) is 24.5 Å². The van der Waals surface area contributed by atoms with E-state index in [4.69, 9.17) is 4.98 Å². The summed E-state index contributed by atoms with van der Waals surface area (Å²) in [6.45, 7) is 6.72. The van der Waals surface area contributed by atoms with E-state index >= 15 is 0 Å². The minimum Gasteiger partial charge on any atom is -0.256 e. The van der Waals surface area contributed by atoms with E-state index in [-0.39, 0.29) is 5.41 Å². The third kappa shape index (κ3) is 4.40. The van der Waals surface area contributed by atoms with E-state index in [2.05, 4.69) is 117 Å². The van der Waals surface area contributed by atoms with Crippen molar-refractivity contribution in [3.05, 3.63) is 121 Å². The first-order chi connectivity index (χ1) is 16.5. The van der Waals surface area contributed by atoms with Crippen LogP contribution in [0.15, 0.2) is 116 Å². The summed E-state index contributed by atoms with van der Waals surface area (Å²) in [6.07, 6.45) is 3.78.